The third kappa shape index (κ3) is 63.3. The Bertz CT molecular complexity index is 1470. The summed E-state index contributed by atoms with van der Waals surface area (Å²) >= 11 is 0. The summed E-state index contributed by atoms with van der Waals surface area (Å²) in [5, 5.41) is 0. The predicted molar refractivity (Wildman–Crippen MR) is 334 cm³/mol. The quantitative estimate of drug-likeness (QED) is 0.0261. The van der Waals surface area contributed by atoms with Gasteiger partial charge in [0.1, 0.15) is 13.2 Å². The molecule has 77 heavy (non-hydrogen) atoms. The van der Waals surface area contributed by atoms with Crippen molar-refractivity contribution in [2.75, 3.05) is 13.2 Å². The Morgan fingerprint density at radius 1 is 0.273 bits per heavy atom. The molecule has 0 aromatic heterocycles. The van der Waals surface area contributed by atoms with Gasteiger partial charge in [-0.3, -0.25) is 14.4 Å². The molecule has 0 aromatic rings. The monoisotopic (exact) mass is 1070 g/mol. The van der Waals surface area contributed by atoms with E-state index >= 15 is 0 Å². The van der Waals surface area contributed by atoms with E-state index in [2.05, 4.69) is 106 Å². The van der Waals surface area contributed by atoms with Gasteiger partial charge in [0.2, 0.25) is 0 Å². The molecule has 0 fully saturated rings. The Morgan fingerprint density at radius 3 is 0.805 bits per heavy atom. The van der Waals surface area contributed by atoms with E-state index in [1.807, 2.05) is 0 Å². The fourth-order valence-electron chi connectivity index (χ4n) is 9.40. The molecule has 0 aliphatic carbocycles. The summed E-state index contributed by atoms with van der Waals surface area (Å²) in [6.07, 6.45) is 85.9. The molecule has 0 aliphatic heterocycles. The molecule has 6 heteroatoms. The highest BCUT2D eigenvalue weighted by atomic mass is 16.6. The zero-order chi connectivity index (χ0) is 55.7. The van der Waals surface area contributed by atoms with Gasteiger partial charge in [-0.05, 0) is 116 Å². The van der Waals surface area contributed by atoms with Crippen LogP contribution in [0.1, 0.15) is 329 Å². The Hall–Kier alpha value is -3.41. The summed E-state index contributed by atoms with van der Waals surface area (Å²) in [6.45, 7) is 6.53. The molecule has 0 saturated heterocycles. The second-order valence-corrected chi connectivity index (χ2v) is 22.0. The van der Waals surface area contributed by atoms with E-state index < -0.39 is 6.10 Å². The minimum atomic E-state index is -0.784. The van der Waals surface area contributed by atoms with E-state index in [1.165, 1.54) is 180 Å². The minimum Gasteiger partial charge on any atom is -0.462 e. The maximum atomic E-state index is 12.9. The third-order valence-corrected chi connectivity index (χ3v) is 14.4. The smallest absolute Gasteiger partial charge is 0.306 e. The van der Waals surface area contributed by atoms with Crippen LogP contribution in [0.25, 0.3) is 0 Å². The standard InChI is InChI=1S/C71H124O6/c1-4-7-10-13-16-19-22-25-28-29-30-31-32-33-34-35-36-37-38-39-40-41-44-46-49-52-55-58-61-64-70(73)76-67-68(77-71(74)65-62-59-56-53-50-47-43-27-24-21-18-15-12-9-6-3)66-75-69(72)63-60-57-54-51-48-45-42-26-23-20-17-14-11-8-5-2/h7,10,16,19,25-28,30-31,33-34,42-43,68H,4-6,8-9,11-15,17-18,20-24,29,32,35-41,44-67H2,1-3H3/b10-7-,19-16-,28-25-,31-30-,34-33-,42-26-,43-27-. The van der Waals surface area contributed by atoms with Crippen LogP contribution in [0.4, 0.5) is 0 Å². The van der Waals surface area contributed by atoms with Gasteiger partial charge in [0.25, 0.3) is 0 Å². The summed E-state index contributed by atoms with van der Waals surface area (Å²) in [4.78, 5) is 38.3. The van der Waals surface area contributed by atoms with Crippen molar-refractivity contribution in [3.05, 3.63) is 85.1 Å². The SMILES string of the molecule is CC/C=C\C/C=C\C/C=C\C/C=C\C/C=C\CCCCCCCCCCCCCCCC(=O)OCC(COC(=O)CCCCCCC/C=C\CCCCCCCC)OC(=O)CCCCCCC/C=C\CCCCCCCC. The number of hydrogen-bond acceptors (Lipinski definition) is 6. The van der Waals surface area contributed by atoms with Crippen LogP contribution in [0.2, 0.25) is 0 Å². The van der Waals surface area contributed by atoms with Gasteiger partial charge in [0, 0.05) is 19.3 Å². The molecule has 444 valence electrons. The molecule has 0 radical (unpaired) electrons. The largest absolute Gasteiger partial charge is 0.462 e. The lowest BCUT2D eigenvalue weighted by Crippen LogP contribution is -2.30. The van der Waals surface area contributed by atoms with Crippen LogP contribution in [0.15, 0.2) is 85.1 Å². The van der Waals surface area contributed by atoms with Crippen LogP contribution >= 0.6 is 0 Å². The topological polar surface area (TPSA) is 78.9 Å². The highest BCUT2D eigenvalue weighted by Gasteiger charge is 2.19. The van der Waals surface area contributed by atoms with Crippen molar-refractivity contribution in [2.45, 2.75) is 335 Å². The van der Waals surface area contributed by atoms with Crippen molar-refractivity contribution in [2.24, 2.45) is 0 Å². The Labute approximate surface area is 477 Å². The fraction of sp³-hybridized carbons (Fsp3) is 0.761. The highest BCUT2D eigenvalue weighted by molar-refractivity contribution is 5.71. The lowest BCUT2D eigenvalue weighted by molar-refractivity contribution is -0.167. The first-order valence-corrected chi connectivity index (χ1v) is 33.1. The average Bonchev–Trinajstić information content (AvgIpc) is 3.43. The summed E-state index contributed by atoms with van der Waals surface area (Å²) in [6, 6.07) is 0. The second kappa shape index (κ2) is 65.1. The van der Waals surface area contributed by atoms with Crippen LogP contribution in [-0.4, -0.2) is 37.2 Å². The lowest BCUT2D eigenvalue weighted by atomic mass is 10.0. The Balaban J connectivity index is 4.26. The minimum absolute atomic E-state index is 0.0806. The van der Waals surface area contributed by atoms with Crippen LogP contribution < -0.4 is 0 Å². The fourth-order valence-corrected chi connectivity index (χ4v) is 9.40. The molecule has 0 bridgehead atoms. The number of allylic oxidation sites excluding steroid dienone is 14. The molecule has 0 aliphatic rings. The zero-order valence-electron chi connectivity index (χ0n) is 51.0. The van der Waals surface area contributed by atoms with Gasteiger partial charge in [-0.25, -0.2) is 0 Å². The molecular formula is C71H124O6. The van der Waals surface area contributed by atoms with Gasteiger partial charge in [-0.2, -0.15) is 0 Å². The van der Waals surface area contributed by atoms with E-state index in [4.69, 9.17) is 14.2 Å². The molecule has 0 rings (SSSR count). The summed E-state index contributed by atoms with van der Waals surface area (Å²) < 4.78 is 16.9. The zero-order valence-corrected chi connectivity index (χ0v) is 51.0. The highest BCUT2D eigenvalue weighted by Crippen LogP contribution is 2.16. The molecule has 0 spiro atoms. The first-order valence-electron chi connectivity index (χ1n) is 33.1. The molecule has 1 atom stereocenters. The molecule has 0 aromatic carbocycles. The summed E-state index contributed by atoms with van der Waals surface area (Å²) in [7, 11) is 0. The number of unbranched alkanes of at least 4 members (excludes halogenated alkanes) is 35. The van der Waals surface area contributed by atoms with Crippen LogP contribution in [-0.2, 0) is 28.6 Å². The molecule has 0 amide bonds. The van der Waals surface area contributed by atoms with Crippen LogP contribution in [0.3, 0.4) is 0 Å². The van der Waals surface area contributed by atoms with Crippen molar-refractivity contribution in [1.82, 2.24) is 0 Å². The molecule has 0 N–H and O–H groups in total. The van der Waals surface area contributed by atoms with E-state index in [1.54, 1.807) is 0 Å². The lowest BCUT2D eigenvalue weighted by Gasteiger charge is -2.18. The second-order valence-electron chi connectivity index (χ2n) is 22.0. The van der Waals surface area contributed by atoms with Crippen molar-refractivity contribution in [3.8, 4) is 0 Å². The maximum Gasteiger partial charge on any atom is 0.306 e. The molecule has 6 nitrogen and oxygen atoms in total. The number of hydrogen-bond donors (Lipinski definition) is 0. The maximum absolute atomic E-state index is 12.9. The first kappa shape index (κ1) is 73.6. The average molecular weight is 1070 g/mol. The van der Waals surface area contributed by atoms with E-state index in [0.29, 0.717) is 19.3 Å². The van der Waals surface area contributed by atoms with Crippen molar-refractivity contribution < 1.29 is 28.6 Å². The normalized spacial score (nSPS) is 12.6. The number of esters is 3. The van der Waals surface area contributed by atoms with Gasteiger partial charge >= 0.3 is 17.9 Å². The van der Waals surface area contributed by atoms with Gasteiger partial charge in [0.05, 0.1) is 0 Å². The third-order valence-electron chi connectivity index (χ3n) is 14.4. The number of ether oxygens (including phenoxy) is 3. The van der Waals surface area contributed by atoms with Crippen molar-refractivity contribution >= 4 is 17.9 Å². The molecule has 0 saturated carbocycles. The van der Waals surface area contributed by atoms with E-state index in [9.17, 15) is 14.4 Å². The number of rotatable bonds is 60. The predicted octanol–water partition coefficient (Wildman–Crippen LogP) is 22.7. The van der Waals surface area contributed by atoms with Crippen molar-refractivity contribution in [3.63, 3.8) is 0 Å². The summed E-state index contributed by atoms with van der Waals surface area (Å²) in [5.74, 6) is -0.885. The van der Waals surface area contributed by atoms with Gasteiger partial charge in [-0.15, -0.1) is 0 Å². The molecular weight excluding hydrogens is 949 g/mol. The Morgan fingerprint density at radius 2 is 0.506 bits per heavy atom. The van der Waals surface area contributed by atoms with Gasteiger partial charge in [0.15, 0.2) is 6.10 Å². The van der Waals surface area contributed by atoms with Gasteiger partial charge < -0.3 is 14.2 Å². The van der Waals surface area contributed by atoms with Crippen LogP contribution in [0, 0.1) is 0 Å². The summed E-state index contributed by atoms with van der Waals surface area (Å²) in [5.41, 5.74) is 0. The van der Waals surface area contributed by atoms with Gasteiger partial charge in [-0.1, -0.05) is 279 Å². The van der Waals surface area contributed by atoms with E-state index in [-0.39, 0.29) is 31.1 Å². The molecule has 1 unspecified atom stereocenters. The number of carbonyl (C=O) groups is 3. The molecule has 0 heterocycles. The van der Waals surface area contributed by atoms with E-state index in [0.717, 1.165) is 109 Å². The Kier molecular flexibility index (Phi) is 62.2. The first-order chi connectivity index (χ1) is 38.0. The number of carbonyl (C=O) groups excluding carboxylic acids is 3. The van der Waals surface area contributed by atoms with Crippen LogP contribution in [0.5, 0.6) is 0 Å². The van der Waals surface area contributed by atoms with Crippen molar-refractivity contribution in [1.29, 1.82) is 0 Å².